The first kappa shape index (κ1) is 22.6. The average molecular weight is 485 g/mol. The molecular formula is C27H24N4O3S. The van der Waals surface area contributed by atoms with Crippen LogP contribution in [-0.2, 0) is 6.42 Å². The largest absolute Gasteiger partial charge is 0.490 e. The Morgan fingerprint density at radius 2 is 1.89 bits per heavy atom. The van der Waals surface area contributed by atoms with Gasteiger partial charge in [-0.1, -0.05) is 30.3 Å². The molecular weight excluding hydrogens is 460 g/mol. The first-order valence-corrected chi connectivity index (χ1v) is 12.1. The minimum atomic E-state index is -1.08. The Morgan fingerprint density at radius 3 is 2.66 bits per heavy atom. The third kappa shape index (κ3) is 5.33. The highest BCUT2D eigenvalue weighted by molar-refractivity contribution is 7.08. The zero-order valence-corrected chi connectivity index (χ0v) is 19.9. The molecule has 1 unspecified atom stereocenters. The molecule has 3 heterocycles. The Bertz CT molecular complexity index is 1450. The second kappa shape index (κ2) is 9.99. The van der Waals surface area contributed by atoms with E-state index in [4.69, 9.17) is 4.74 Å². The summed E-state index contributed by atoms with van der Waals surface area (Å²) in [5.41, 5.74) is 7.19. The predicted octanol–water partition coefficient (Wildman–Crippen LogP) is 5.92. The molecule has 0 saturated heterocycles. The van der Waals surface area contributed by atoms with Gasteiger partial charge in [-0.3, -0.25) is 10.1 Å². The van der Waals surface area contributed by atoms with Gasteiger partial charge < -0.3 is 15.2 Å². The van der Waals surface area contributed by atoms with Gasteiger partial charge in [0.2, 0.25) is 0 Å². The Balaban J connectivity index is 1.28. The number of pyridine rings is 1. The zero-order valence-electron chi connectivity index (χ0n) is 19.1. The summed E-state index contributed by atoms with van der Waals surface area (Å²) in [5.74, 6) is 0.580. The van der Waals surface area contributed by atoms with Gasteiger partial charge in [-0.25, -0.2) is 4.79 Å². The van der Waals surface area contributed by atoms with Gasteiger partial charge in [0.1, 0.15) is 12.4 Å². The van der Waals surface area contributed by atoms with Crippen molar-refractivity contribution < 1.29 is 14.6 Å². The fourth-order valence-corrected chi connectivity index (χ4v) is 4.71. The van der Waals surface area contributed by atoms with Gasteiger partial charge in [-0.05, 0) is 70.6 Å². The number of amides is 1. The number of nitrogens with one attached hydrogen (secondary N) is 2. The number of ether oxygens (including phenoxy) is 1. The van der Waals surface area contributed by atoms with Gasteiger partial charge in [0.25, 0.3) is 0 Å². The highest BCUT2D eigenvalue weighted by atomic mass is 32.1. The van der Waals surface area contributed by atoms with Crippen LogP contribution in [0.1, 0.15) is 11.3 Å². The molecule has 3 N–H and O–H groups in total. The lowest BCUT2D eigenvalue weighted by Crippen LogP contribution is -2.39. The number of hydrogen-bond acceptors (Lipinski definition) is 5. The topological polar surface area (TPSA) is 100 Å². The van der Waals surface area contributed by atoms with Crippen LogP contribution in [0.4, 0.5) is 4.79 Å². The lowest BCUT2D eigenvalue weighted by Gasteiger charge is -2.18. The van der Waals surface area contributed by atoms with Crippen molar-refractivity contribution in [1.82, 2.24) is 20.5 Å². The Hall–Kier alpha value is -4.17. The molecule has 3 aromatic heterocycles. The molecule has 8 heteroatoms. The summed E-state index contributed by atoms with van der Waals surface area (Å²) in [7, 11) is 0. The minimum Gasteiger partial charge on any atom is -0.490 e. The van der Waals surface area contributed by atoms with E-state index in [0.717, 1.165) is 38.9 Å². The van der Waals surface area contributed by atoms with E-state index >= 15 is 0 Å². The maximum absolute atomic E-state index is 11.4. The number of hydrogen-bond donors (Lipinski definition) is 3. The summed E-state index contributed by atoms with van der Waals surface area (Å²) < 4.78 is 5.98. The van der Waals surface area contributed by atoms with E-state index in [1.165, 1.54) is 5.56 Å². The quantitative estimate of drug-likeness (QED) is 0.254. The van der Waals surface area contributed by atoms with E-state index in [0.29, 0.717) is 12.2 Å². The van der Waals surface area contributed by atoms with Crippen LogP contribution in [0.15, 0.2) is 77.8 Å². The van der Waals surface area contributed by atoms with E-state index < -0.39 is 12.1 Å². The van der Waals surface area contributed by atoms with Crippen molar-refractivity contribution in [3.63, 3.8) is 0 Å². The molecule has 35 heavy (non-hydrogen) atoms. The fourth-order valence-electron chi connectivity index (χ4n) is 4.04. The van der Waals surface area contributed by atoms with Crippen LogP contribution >= 0.6 is 11.3 Å². The van der Waals surface area contributed by atoms with Crippen molar-refractivity contribution in [2.75, 3.05) is 6.61 Å². The van der Waals surface area contributed by atoms with Crippen molar-refractivity contribution in [2.45, 2.75) is 19.4 Å². The van der Waals surface area contributed by atoms with Crippen LogP contribution < -0.4 is 10.1 Å². The number of aromatic amines is 1. The molecule has 0 spiro atoms. The third-order valence-electron chi connectivity index (χ3n) is 5.86. The van der Waals surface area contributed by atoms with Crippen LogP contribution in [-0.4, -0.2) is 39.0 Å². The number of H-pyrrole nitrogens is 1. The van der Waals surface area contributed by atoms with Crippen molar-refractivity contribution in [1.29, 1.82) is 0 Å². The molecule has 1 atom stereocenters. The summed E-state index contributed by atoms with van der Waals surface area (Å²) >= 11 is 1.66. The van der Waals surface area contributed by atoms with Gasteiger partial charge >= 0.3 is 6.09 Å². The Kier molecular flexibility index (Phi) is 6.45. The number of benzene rings is 2. The molecule has 5 rings (SSSR count). The standard InChI is InChI=1S/C27H24N4O3S/c1-17-25-12-20(6-7-26(25)31-30-17)22-11-24(14-28-13-22)34-15-23(29-27(32)33)10-18-2-4-19(5-3-18)21-8-9-35-16-21/h2-9,11-14,16,23,29H,10,15H2,1H3,(H,30,31)(H,32,33). The van der Waals surface area contributed by atoms with E-state index in [1.54, 1.807) is 23.7 Å². The van der Waals surface area contributed by atoms with Gasteiger partial charge in [0, 0.05) is 22.8 Å². The maximum Gasteiger partial charge on any atom is 0.405 e. The van der Waals surface area contributed by atoms with Crippen molar-refractivity contribution in [3.05, 3.63) is 89.0 Å². The highest BCUT2D eigenvalue weighted by Gasteiger charge is 2.15. The number of fused-ring (bicyclic) bond motifs is 1. The number of rotatable bonds is 8. The normalized spacial score (nSPS) is 11.9. The van der Waals surface area contributed by atoms with E-state index in [2.05, 4.69) is 50.1 Å². The van der Waals surface area contributed by atoms with E-state index in [-0.39, 0.29) is 6.61 Å². The molecule has 0 aliphatic carbocycles. The Morgan fingerprint density at radius 1 is 1.06 bits per heavy atom. The SMILES string of the molecule is Cc1[nH]nc2ccc(-c3cncc(OCC(Cc4ccc(-c5ccsc5)cc4)NC(=O)O)c3)cc12. The van der Waals surface area contributed by atoms with Crippen LogP contribution in [0, 0.1) is 6.92 Å². The zero-order chi connectivity index (χ0) is 24.2. The minimum absolute atomic E-state index is 0.184. The fraction of sp³-hybridized carbons (Fsp3) is 0.148. The molecule has 7 nitrogen and oxygen atoms in total. The molecule has 176 valence electrons. The van der Waals surface area contributed by atoms with Crippen LogP contribution in [0.25, 0.3) is 33.2 Å². The summed E-state index contributed by atoms with van der Waals surface area (Å²) in [6, 6.07) is 17.8. The Labute approximate surface area is 206 Å². The summed E-state index contributed by atoms with van der Waals surface area (Å²) in [4.78, 5) is 15.7. The number of thiophene rings is 1. The molecule has 0 radical (unpaired) electrons. The number of carboxylic acid groups (broad SMARTS) is 1. The van der Waals surface area contributed by atoms with Gasteiger partial charge in [-0.15, -0.1) is 0 Å². The lowest BCUT2D eigenvalue weighted by atomic mass is 10.0. The molecule has 0 aliphatic heterocycles. The summed E-state index contributed by atoms with van der Waals surface area (Å²) in [6.45, 7) is 2.17. The van der Waals surface area contributed by atoms with Gasteiger partial charge in [0.15, 0.2) is 0 Å². The van der Waals surface area contributed by atoms with Gasteiger partial charge in [-0.2, -0.15) is 16.4 Å². The molecule has 2 aromatic carbocycles. The van der Waals surface area contributed by atoms with Crippen molar-refractivity contribution >= 4 is 28.3 Å². The van der Waals surface area contributed by atoms with Crippen LogP contribution in [0.5, 0.6) is 5.75 Å². The number of aromatic nitrogens is 3. The van der Waals surface area contributed by atoms with E-state index in [9.17, 15) is 9.90 Å². The smallest absolute Gasteiger partial charge is 0.405 e. The second-order valence-corrected chi connectivity index (χ2v) is 9.14. The molecule has 0 bridgehead atoms. The van der Waals surface area contributed by atoms with Crippen LogP contribution in [0.2, 0.25) is 0 Å². The summed E-state index contributed by atoms with van der Waals surface area (Å²) in [5, 5.41) is 24.4. The average Bonchev–Trinajstić information content (AvgIpc) is 3.53. The molecule has 0 fully saturated rings. The molecule has 5 aromatic rings. The number of carbonyl (C=O) groups is 1. The monoisotopic (exact) mass is 484 g/mol. The third-order valence-corrected chi connectivity index (χ3v) is 6.54. The van der Waals surface area contributed by atoms with Crippen molar-refractivity contribution in [3.8, 4) is 28.0 Å². The second-order valence-electron chi connectivity index (χ2n) is 8.36. The predicted molar refractivity (Wildman–Crippen MR) is 138 cm³/mol. The first-order chi connectivity index (χ1) is 17.0. The molecule has 0 aliphatic rings. The number of aryl methyl sites for hydroxylation is 1. The lowest BCUT2D eigenvalue weighted by molar-refractivity contribution is 0.180. The number of nitrogens with zero attached hydrogens (tertiary/aromatic N) is 2. The molecule has 0 saturated carbocycles. The van der Waals surface area contributed by atoms with Gasteiger partial charge in [0.05, 0.1) is 17.8 Å². The van der Waals surface area contributed by atoms with E-state index in [1.807, 2.05) is 42.6 Å². The molecule has 1 amide bonds. The summed E-state index contributed by atoms with van der Waals surface area (Å²) in [6.07, 6.45) is 2.85. The maximum atomic E-state index is 11.4. The van der Waals surface area contributed by atoms with Crippen molar-refractivity contribution in [2.24, 2.45) is 0 Å². The first-order valence-electron chi connectivity index (χ1n) is 11.2. The highest BCUT2D eigenvalue weighted by Crippen LogP contribution is 2.27. The van der Waals surface area contributed by atoms with Crippen LogP contribution in [0.3, 0.4) is 0 Å².